The quantitative estimate of drug-likeness (QED) is 0.552. The molecule has 2 aliphatic carbocycles. The number of fused-ring (bicyclic) bond motifs is 2. The normalized spacial score (nSPS) is 22.7. The first-order chi connectivity index (χ1) is 10.8. The first-order valence-corrected chi connectivity index (χ1v) is 13.9. The fourth-order valence-corrected chi connectivity index (χ4v) is 11.0. The van der Waals surface area contributed by atoms with Gasteiger partial charge < -0.3 is 0 Å². The Morgan fingerprint density at radius 1 is 1.13 bits per heavy atom. The van der Waals surface area contributed by atoms with Crippen molar-refractivity contribution in [3.05, 3.63) is 48.2 Å². The van der Waals surface area contributed by atoms with Gasteiger partial charge in [-0.15, -0.1) is 21.8 Å². The SMILES string of the molecule is CC1=C(C)S(C2=CC=CC2)=C2C=c3sc(C)c([Si](C)(C)C)c3=C12. The van der Waals surface area contributed by atoms with Crippen LogP contribution in [0.15, 0.2) is 33.6 Å². The van der Waals surface area contributed by atoms with E-state index >= 15 is 0 Å². The number of thiophene rings is 1. The zero-order chi connectivity index (χ0) is 16.5. The summed E-state index contributed by atoms with van der Waals surface area (Å²) in [5, 5.41) is 3.31. The van der Waals surface area contributed by atoms with Gasteiger partial charge in [0.05, 0.1) is 8.07 Å². The van der Waals surface area contributed by atoms with Crippen LogP contribution in [0.2, 0.25) is 19.6 Å². The van der Waals surface area contributed by atoms with Crippen LogP contribution in [-0.2, 0) is 0 Å². The largest absolute Gasteiger partial charge is 0.141 e. The molecule has 3 aliphatic rings. The topological polar surface area (TPSA) is 0 Å². The third kappa shape index (κ3) is 2.13. The molecule has 0 radical (unpaired) electrons. The lowest BCUT2D eigenvalue weighted by atomic mass is 10.1. The van der Waals surface area contributed by atoms with E-state index in [0.717, 1.165) is 6.42 Å². The van der Waals surface area contributed by atoms with E-state index in [-0.39, 0.29) is 10.5 Å². The number of hydrogen-bond acceptors (Lipinski definition) is 1. The van der Waals surface area contributed by atoms with Crippen LogP contribution in [0.5, 0.6) is 0 Å². The minimum absolute atomic E-state index is 0.195. The minimum Gasteiger partial charge on any atom is -0.141 e. The van der Waals surface area contributed by atoms with Gasteiger partial charge in [0.15, 0.2) is 0 Å². The molecule has 2 heterocycles. The van der Waals surface area contributed by atoms with E-state index in [0.29, 0.717) is 0 Å². The van der Waals surface area contributed by atoms with Gasteiger partial charge in [0.25, 0.3) is 0 Å². The van der Waals surface area contributed by atoms with Gasteiger partial charge in [-0.25, -0.2) is 0 Å². The molecule has 1 unspecified atom stereocenters. The van der Waals surface area contributed by atoms with Crippen LogP contribution in [0.1, 0.15) is 25.1 Å². The summed E-state index contributed by atoms with van der Waals surface area (Å²) in [6.45, 7) is 14.5. The van der Waals surface area contributed by atoms with Crippen LogP contribution >= 0.6 is 21.8 Å². The van der Waals surface area contributed by atoms with E-state index in [2.05, 4.69) is 64.7 Å². The molecule has 1 atom stereocenters. The number of rotatable bonds is 2. The van der Waals surface area contributed by atoms with Crippen molar-refractivity contribution in [2.75, 3.05) is 0 Å². The van der Waals surface area contributed by atoms with Crippen molar-refractivity contribution >= 4 is 51.6 Å². The van der Waals surface area contributed by atoms with Gasteiger partial charge in [-0.2, -0.15) is 0 Å². The highest BCUT2D eigenvalue weighted by Crippen LogP contribution is 2.49. The Bertz CT molecular complexity index is 986. The molecule has 0 amide bonds. The zero-order valence-electron chi connectivity index (χ0n) is 14.8. The van der Waals surface area contributed by atoms with E-state index in [4.69, 9.17) is 0 Å². The highest BCUT2D eigenvalue weighted by atomic mass is 32.2. The molecule has 0 spiro atoms. The Balaban J connectivity index is 2.10. The number of hydrogen-bond donors (Lipinski definition) is 0. The Kier molecular flexibility index (Phi) is 3.42. The molecule has 1 aromatic rings. The molecule has 120 valence electrons. The molecule has 0 nitrogen and oxygen atoms in total. The summed E-state index contributed by atoms with van der Waals surface area (Å²) in [6, 6.07) is 0. The maximum Gasteiger partial charge on any atom is 0.0798 e. The molecule has 0 N–H and O–H groups in total. The van der Waals surface area contributed by atoms with E-state index in [1.54, 1.807) is 41.1 Å². The van der Waals surface area contributed by atoms with Gasteiger partial charge in [-0.3, -0.25) is 0 Å². The fourth-order valence-electron chi connectivity index (χ4n) is 4.08. The second-order valence-corrected chi connectivity index (χ2v) is 16.1. The fraction of sp³-hybridized carbons (Fsp3) is 0.350. The van der Waals surface area contributed by atoms with Crippen LogP contribution in [0, 0.1) is 6.92 Å². The van der Waals surface area contributed by atoms with Crippen molar-refractivity contribution < 1.29 is 0 Å². The van der Waals surface area contributed by atoms with Crippen molar-refractivity contribution in [1.82, 2.24) is 0 Å². The molecule has 0 fully saturated rings. The Hall–Kier alpha value is -0.903. The summed E-state index contributed by atoms with van der Waals surface area (Å²) in [6.07, 6.45) is 10.5. The van der Waals surface area contributed by atoms with Crippen LogP contribution in [0.3, 0.4) is 0 Å². The summed E-state index contributed by atoms with van der Waals surface area (Å²) in [7, 11) is -1.14. The van der Waals surface area contributed by atoms with Crippen molar-refractivity contribution in [3.63, 3.8) is 0 Å². The number of allylic oxidation sites excluding steroid dienone is 6. The monoisotopic (exact) mass is 356 g/mol. The van der Waals surface area contributed by atoms with Crippen molar-refractivity contribution in [2.24, 2.45) is 0 Å². The molecule has 1 aromatic heterocycles. The maximum atomic E-state index is 2.52. The Labute approximate surface area is 146 Å². The van der Waals surface area contributed by atoms with Gasteiger partial charge in [0, 0.05) is 25.1 Å². The van der Waals surface area contributed by atoms with Gasteiger partial charge >= 0.3 is 0 Å². The molecular formula is C20H24S2Si. The standard InChI is InChI=1S/C20H24S2Si/c1-12-14(3)22(15-9-7-8-10-15)17-11-16-19(18(12)17)20(13(2)21-16)23(4,5)6/h7-9,11H,10H2,1-6H3. The third-order valence-electron chi connectivity index (χ3n) is 5.05. The smallest absolute Gasteiger partial charge is 0.0798 e. The van der Waals surface area contributed by atoms with Gasteiger partial charge in [-0.1, -0.05) is 37.9 Å². The van der Waals surface area contributed by atoms with Crippen LogP contribution in [0.25, 0.3) is 11.6 Å². The van der Waals surface area contributed by atoms with Crippen molar-refractivity contribution in [2.45, 2.75) is 46.8 Å². The molecule has 0 saturated heterocycles. The molecule has 4 rings (SSSR count). The molecular weight excluding hydrogens is 332 g/mol. The second-order valence-electron chi connectivity index (χ2n) is 7.66. The molecule has 3 heteroatoms. The zero-order valence-corrected chi connectivity index (χ0v) is 17.5. The predicted molar refractivity (Wildman–Crippen MR) is 112 cm³/mol. The summed E-state index contributed by atoms with van der Waals surface area (Å²) < 4.78 is 1.53. The first-order valence-electron chi connectivity index (χ1n) is 8.32. The highest BCUT2D eigenvalue weighted by Gasteiger charge is 2.32. The molecule has 0 bridgehead atoms. The average molecular weight is 357 g/mol. The lowest BCUT2D eigenvalue weighted by Gasteiger charge is -2.17. The van der Waals surface area contributed by atoms with E-state index in [1.165, 1.54) is 4.53 Å². The van der Waals surface area contributed by atoms with Crippen LogP contribution < -0.4 is 14.9 Å². The first kappa shape index (κ1) is 15.6. The second kappa shape index (κ2) is 5.04. The summed E-state index contributed by atoms with van der Waals surface area (Å²) in [4.78, 5) is 6.36. The van der Waals surface area contributed by atoms with Gasteiger partial charge in [0.2, 0.25) is 0 Å². The highest BCUT2D eigenvalue weighted by molar-refractivity contribution is 8.24. The average Bonchev–Trinajstić information content (AvgIpc) is 3.15. The van der Waals surface area contributed by atoms with Crippen molar-refractivity contribution in [1.29, 1.82) is 0 Å². The maximum absolute atomic E-state index is 2.52. The summed E-state index contributed by atoms with van der Waals surface area (Å²) in [5.41, 5.74) is 3.14. The van der Waals surface area contributed by atoms with Crippen molar-refractivity contribution in [3.8, 4) is 0 Å². The van der Waals surface area contributed by atoms with Crippen LogP contribution in [0.4, 0.5) is 0 Å². The summed E-state index contributed by atoms with van der Waals surface area (Å²) >= 11 is 2.02. The minimum atomic E-state index is -1.34. The third-order valence-corrected chi connectivity index (χ3v) is 10.9. The van der Waals surface area contributed by atoms with Gasteiger partial charge in [-0.05, 0) is 53.8 Å². The lowest BCUT2D eigenvalue weighted by Crippen LogP contribution is -2.50. The van der Waals surface area contributed by atoms with E-state index < -0.39 is 8.07 Å². The van der Waals surface area contributed by atoms with Crippen LogP contribution in [-0.4, -0.2) is 12.9 Å². The Morgan fingerprint density at radius 2 is 1.87 bits per heavy atom. The number of aryl methyl sites for hydroxylation is 1. The van der Waals surface area contributed by atoms with E-state index in [9.17, 15) is 0 Å². The van der Waals surface area contributed by atoms with Gasteiger partial charge in [0.1, 0.15) is 0 Å². The predicted octanol–water partition coefficient (Wildman–Crippen LogP) is 4.14. The lowest BCUT2D eigenvalue weighted by molar-refractivity contribution is 1.41. The molecule has 1 aliphatic heterocycles. The Morgan fingerprint density at radius 3 is 2.48 bits per heavy atom. The molecule has 0 aromatic carbocycles. The molecule has 23 heavy (non-hydrogen) atoms. The summed E-state index contributed by atoms with van der Waals surface area (Å²) in [5.74, 6) is 0. The molecule has 0 saturated carbocycles. The van der Waals surface area contributed by atoms with E-state index in [1.807, 2.05) is 11.3 Å².